The zero-order valence-corrected chi connectivity index (χ0v) is 15.2. The van der Waals surface area contributed by atoms with Crippen molar-refractivity contribution in [3.05, 3.63) is 69.2 Å². The molecule has 0 spiro atoms. The molecule has 0 saturated heterocycles. The topological polar surface area (TPSA) is 46.5 Å². The van der Waals surface area contributed by atoms with E-state index in [1.165, 1.54) is 0 Å². The number of fused-ring (bicyclic) bond motifs is 1. The molecule has 2 aromatic carbocycles. The predicted molar refractivity (Wildman–Crippen MR) is 100 cm³/mol. The number of carbonyl (C=O) groups is 1. The van der Waals surface area contributed by atoms with E-state index < -0.39 is 5.97 Å². The van der Waals surface area contributed by atoms with E-state index in [9.17, 15) is 9.90 Å². The number of halogens is 1. The van der Waals surface area contributed by atoms with Crippen molar-refractivity contribution < 1.29 is 14.6 Å². The highest BCUT2D eigenvalue weighted by atomic mass is 35.5. The highest BCUT2D eigenvalue weighted by Gasteiger charge is 2.24. The summed E-state index contributed by atoms with van der Waals surface area (Å²) >= 11 is 6.17. The minimum atomic E-state index is -0.823. The van der Waals surface area contributed by atoms with Crippen LogP contribution in [0.4, 0.5) is 0 Å². The van der Waals surface area contributed by atoms with Gasteiger partial charge in [-0.2, -0.15) is 0 Å². The van der Waals surface area contributed by atoms with Crippen molar-refractivity contribution in [3.8, 4) is 5.75 Å². The minimum Gasteiger partial charge on any atom is -0.494 e. The molecule has 0 unspecified atom stereocenters. The van der Waals surface area contributed by atoms with Gasteiger partial charge in [-0.15, -0.1) is 0 Å². The molecule has 130 valence electrons. The summed E-state index contributed by atoms with van der Waals surface area (Å²) in [4.78, 5) is 11.5. The second kappa shape index (κ2) is 7.32. The van der Waals surface area contributed by atoms with Crippen LogP contribution in [0.15, 0.2) is 42.0 Å². The maximum absolute atomic E-state index is 11.5. The molecule has 0 atom stereocenters. The Balaban J connectivity index is 1.65. The molecule has 2 aromatic rings. The lowest BCUT2D eigenvalue weighted by Crippen LogP contribution is -2.03. The van der Waals surface area contributed by atoms with Crippen molar-refractivity contribution in [2.75, 3.05) is 6.61 Å². The van der Waals surface area contributed by atoms with E-state index in [1.807, 2.05) is 50.2 Å². The van der Waals surface area contributed by atoms with Gasteiger partial charge >= 0.3 is 5.97 Å². The van der Waals surface area contributed by atoms with E-state index in [1.54, 1.807) is 0 Å². The van der Waals surface area contributed by atoms with Crippen LogP contribution in [0.5, 0.6) is 5.75 Å². The Labute approximate surface area is 152 Å². The maximum Gasteiger partial charge on any atom is 0.332 e. The number of hydrogen-bond donors (Lipinski definition) is 1. The van der Waals surface area contributed by atoms with Gasteiger partial charge in [-0.05, 0) is 66.6 Å². The average molecular weight is 357 g/mol. The third kappa shape index (κ3) is 3.72. The van der Waals surface area contributed by atoms with E-state index in [0.717, 1.165) is 45.0 Å². The van der Waals surface area contributed by atoms with Crippen molar-refractivity contribution in [2.45, 2.75) is 33.1 Å². The van der Waals surface area contributed by atoms with Crippen LogP contribution in [0.2, 0.25) is 5.02 Å². The van der Waals surface area contributed by atoms with Crippen LogP contribution in [0.25, 0.3) is 5.57 Å². The molecule has 0 amide bonds. The molecular formula is C21H21ClO3. The molecule has 25 heavy (non-hydrogen) atoms. The Kier molecular flexibility index (Phi) is 5.14. The molecule has 1 aliphatic rings. The number of rotatable bonds is 6. The van der Waals surface area contributed by atoms with Crippen LogP contribution in [0.1, 0.15) is 35.1 Å². The second-order valence-corrected chi connectivity index (χ2v) is 6.80. The fourth-order valence-corrected chi connectivity index (χ4v) is 3.46. The lowest BCUT2D eigenvalue weighted by molar-refractivity contribution is -0.132. The third-order valence-electron chi connectivity index (χ3n) is 4.58. The molecule has 1 aliphatic carbocycles. The van der Waals surface area contributed by atoms with Crippen molar-refractivity contribution in [1.82, 2.24) is 0 Å². The number of aliphatic carboxylic acids is 1. The summed E-state index contributed by atoms with van der Waals surface area (Å²) < 4.78 is 5.84. The largest absolute Gasteiger partial charge is 0.494 e. The SMILES string of the molecule is Cc1cc(OCCCC2=C(C(=O)O)Cc3ccccc32)cc(C)c1Cl. The van der Waals surface area contributed by atoms with E-state index >= 15 is 0 Å². The molecule has 0 aromatic heterocycles. The van der Waals surface area contributed by atoms with Crippen LogP contribution in [0.3, 0.4) is 0 Å². The number of carboxylic acid groups (broad SMARTS) is 1. The lowest BCUT2D eigenvalue weighted by atomic mass is 10.0. The predicted octanol–water partition coefficient (Wildman–Crippen LogP) is 5.21. The first-order valence-corrected chi connectivity index (χ1v) is 8.78. The van der Waals surface area contributed by atoms with Gasteiger partial charge in [0, 0.05) is 17.0 Å². The van der Waals surface area contributed by atoms with E-state index in [2.05, 4.69) is 0 Å². The zero-order valence-electron chi connectivity index (χ0n) is 14.4. The Morgan fingerprint density at radius 2 is 1.88 bits per heavy atom. The molecule has 3 rings (SSSR count). The average Bonchev–Trinajstić information content (AvgIpc) is 2.95. The van der Waals surface area contributed by atoms with Gasteiger partial charge in [0.25, 0.3) is 0 Å². The van der Waals surface area contributed by atoms with Gasteiger partial charge in [0.2, 0.25) is 0 Å². The lowest BCUT2D eigenvalue weighted by Gasteiger charge is -2.11. The smallest absolute Gasteiger partial charge is 0.332 e. The van der Waals surface area contributed by atoms with Crippen LogP contribution in [-0.4, -0.2) is 17.7 Å². The Morgan fingerprint density at radius 1 is 1.20 bits per heavy atom. The standard InChI is InChI=1S/C21H21ClO3/c1-13-10-16(11-14(2)20(13)22)25-9-5-8-18-17-7-4-3-6-15(17)12-19(18)21(23)24/h3-4,6-7,10-11H,5,8-9,12H2,1-2H3,(H,23,24). The minimum absolute atomic E-state index is 0.511. The van der Waals surface area contributed by atoms with Gasteiger partial charge in [-0.25, -0.2) is 4.79 Å². The maximum atomic E-state index is 11.5. The normalized spacial score (nSPS) is 13.1. The fourth-order valence-electron chi connectivity index (χ4n) is 3.35. The Hall–Kier alpha value is -2.26. The Morgan fingerprint density at radius 3 is 2.56 bits per heavy atom. The molecule has 1 N–H and O–H groups in total. The number of ether oxygens (including phenoxy) is 1. The van der Waals surface area contributed by atoms with Crippen LogP contribution in [-0.2, 0) is 11.2 Å². The molecule has 0 aliphatic heterocycles. The summed E-state index contributed by atoms with van der Waals surface area (Å²) in [5.41, 5.74) is 5.61. The summed E-state index contributed by atoms with van der Waals surface area (Å²) in [5.74, 6) is -0.0188. The van der Waals surface area contributed by atoms with E-state index in [0.29, 0.717) is 25.0 Å². The number of benzene rings is 2. The van der Waals surface area contributed by atoms with E-state index in [4.69, 9.17) is 16.3 Å². The molecule has 0 bridgehead atoms. The van der Waals surface area contributed by atoms with Gasteiger partial charge in [-0.3, -0.25) is 0 Å². The monoisotopic (exact) mass is 356 g/mol. The van der Waals surface area contributed by atoms with Crippen LogP contribution in [0, 0.1) is 13.8 Å². The van der Waals surface area contributed by atoms with E-state index in [-0.39, 0.29) is 0 Å². The summed E-state index contributed by atoms with van der Waals surface area (Å²) in [6.07, 6.45) is 1.97. The number of allylic oxidation sites excluding steroid dienone is 1. The molecule has 4 heteroatoms. The first-order valence-electron chi connectivity index (χ1n) is 8.40. The molecule has 0 heterocycles. The molecular weight excluding hydrogens is 336 g/mol. The van der Waals surface area contributed by atoms with Gasteiger partial charge < -0.3 is 9.84 Å². The highest BCUT2D eigenvalue weighted by molar-refractivity contribution is 6.32. The van der Waals surface area contributed by atoms with Crippen LogP contribution < -0.4 is 4.74 Å². The molecule has 0 fully saturated rings. The molecule has 0 saturated carbocycles. The summed E-state index contributed by atoms with van der Waals surface area (Å²) in [5, 5.41) is 10.2. The fraction of sp³-hybridized carbons (Fsp3) is 0.286. The van der Waals surface area contributed by atoms with Gasteiger partial charge in [0.1, 0.15) is 5.75 Å². The number of carboxylic acids is 1. The molecule has 0 radical (unpaired) electrons. The summed E-state index contributed by atoms with van der Waals surface area (Å²) in [6.45, 7) is 4.46. The first-order chi connectivity index (χ1) is 12.0. The summed E-state index contributed by atoms with van der Waals surface area (Å²) in [6, 6.07) is 11.8. The molecule has 3 nitrogen and oxygen atoms in total. The van der Waals surface area contributed by atoms with Crippen molar-refractivity contribution >= 4 is 23.1 Å². The van der Waals surface area contributed by atoms with Crippen molar-refractivity contribution in [2.24, 2.45) is 0 Å². The Bertz CT molecular complexity index is 829. The summed E-state index contributed by atoms with van der Waals surface area (Å²) in [7, 11) is 0. The van der Waals surface area contributed by atoms with Gasteiger partial charge in [-0.1, -0.05) is 35.9 Å². The third-order valence-corrected chi connectivity index (χ3v) is 5.18. The highest BCUT2D eigenvalue weighted by Crippen LogP contribution is 2.36. The number of hydrogen-bond acceptors (Lipinski definition) is 2. The van der Waals surface area contributed by atoms with Gasteiger partial charge in [0.05, 0.1) is 6.61 Å². The quantitative estimate of drug-likeness (QED) is 0.722. The first kappa shape index (κ1) is 17.6. The van der Waals surface area contributed by atoms with Crippen LogP contribution >= 0.6 is 11.6 Å². The second-order valence-electron chi connectivity index (χ2n) is 6.42. The zero-order chi connectivity index (χ0) is 18.0. The van der Waals surface area contributed by atoms with Crippen molar-refractivity contribution in [1.29, 1.82) is 0 Å². The van der Waals surface area contributed by atoms with Crippen molar-refractivity contribution in [3.63, 3.8) is 0 Å². The number of aryl methyl sites for hydroxylation is 2. The van der Waals surface area contributed by atoms with Gasteiger partial charge in [0.15, 0.2) is 0 Å².